The minimum atomic E-state index is -0.820. The summed E-state index contributed by atoms with van der Waals surface area (Å²) in [5, 5.41) is 6.99. The van der Waals surface area contributed by atoms with E-state index in [1.807, 2.05) is 0 Å². The van der Waals surface area contributed by atoms with E-state index in [0.29, 0.717) is 17.0 Å². The lowest BCUT2D eigenvalue weighted by Gasteiger charge is -2.15. The Morgan fingerprint density at radius 3 is 2.40 bits per heavy atom. The molecule has 0 bridgehead atoms. The Morgan fingerprint density at radius 1 is 1.07 bits per heavy atom. The summed E-state index contributed by atoms with van der Waals surface area (Å²) in [6, 6.07) is 14.9. The maximum atomic E-state index is 13.1. The van der Waals surface area contributed by atoms with Crippen molar-refractivity contribution in [2.24, 2.45) is 0 Å². The summed E-state index contributed by atoms with van der Waals surface area (Å²) in [6.07, 6.45) is 0. The van der Waals surface area contributed by atoms with Crippen LogP contribution in [0.2, 0.25) is 0 Å². The van der Waals surface area contributed by atoms with Crippen LogP contribution < -0.4 is 20.3 Å². The van der Waals surface area contributed by atoms with Crippen LogP contribution in [0.5, 0.6) is 11.5 Å². The number of rotatable bonds is 8. The molecule has 1 aromatic heterocycles. The summed E-state index contributed by atoms with van der Waals surface area (Å²) in [5.74, 6) is 0.657. The molecule has 1 atom stereocenters. The summed E-state index contributed by atoms with van der Waals surface area (Å²) < 4.78 is 24.9. The van der Waals surface area contributed by atoms with Crippen LogP contribution in [0.1, 0.15) is 13.0 Å². The second kappa shape index (κ2) is 9.69. The molecular weight excluding hydrogens is 389 g/mol. The van der Waals surface area contributed by atoms with Crippen LogP contribution in [0.4, 0.5) is 4.39 Å². The maximum absolute atomic E-state index is 13.1. The molecule has 0 saturated carbocycles. The highest BCUT2D eigenvalue weighted by Gasteiger charge is 2.17. The van der Waals surface area contributed by atoms with Crippen molar-refractivity contribution in [3.63, 3.8) is 0 Å². The molecule has 0 spiro atoms. The second-order valence-corrected chi connectivity index (χ2v) is 6.50. The molecule has 8 heteroatoms. The number of hydrogen-bond acceptors (Lipinski definition) is 5. The van der Waals surface area contributed by atoms with Crippen LogP contribution in [-0.4, -0.2) is 35.9 Å². The van der Waals surface area contributed by atoms with Gasteiger partial charge < -0.3 is 14.8 Å². The Hall–Kier alpha value is -3.68. The highest BCUT2D eigenvalue weighted by Crippen LogP contribution is 2.17. The second-order valence-electron chi connectivity index (χ2n) is 6.50. The topological polar surface area (TPSA) is 82.4 Å². The van der Waals surface area contributed by atoms with E-state index in [2.05, 4.69) is 10.4 Å². The van der Waals surface area contributed by atoms with Crippen molar-refractivity contribution >= 4 is 5.91 Å². The van der Waals surface area contributed by atoms with Crippen molar-refractivity contribution < 1.29 is 18.7 Å². The Balaban J connectivity index is 1.59. The Morgan fingerprint density at radius 2 is 1.73 bits per heavy atom. The number of ether oxygens (including phenoxy) is 2. The van der Waals surface area contributed by atoms with E-state index in [-0.39, 0.29) is 24.9 Å². The number of carbonyl (C=O) groups is 1. The molecule has 1 amide bonds. The van der Waals surface area contributed by atoms with Gasteiger partial charge in [-0.1, -0.05) is 0 Å². The summed E-state index contributed by atoms with van der Waals surface area (Å²) in [5.41, 5.74) is 0.709. The number of halogens is 1. The fourth-order valence-electron chi connectivity index (χ4n) is 2.75. The van der Waals surface area contributed by atoms with Gasteiger partial charge in [-0.3, -0.25) is 9.59 Å². The lowest BCUT2D eigenvalue weighted by molar-refractivity contribution is -0.124. The third-order valence-corrected chi connectivity index (χ3v) is 4.44. The highest BCUT2D eigenvalue weighted by atomic mass is 19.1. The predicted octanol–water partition coefficient (Wildman–Crippen LogP) is 2.81. The molecule has 0 saturated heterocycles. The van der Waals surface area contributed by atoms with Gasteiger partial charge in [0.05, 0.1) is 19.3 Å². The predicted molar refractivity (Wildman–Crippen MR) is 110 cm³/mol. The van der Waals surface area contributed by atoms with Crippen molar-refractivity contribution in [2.45, 2.75) is 13.0 Å². The lowest BCUT2D eigenvalue weighted by Crippen LogP contribution is -2.38. The largest absolute Gasteiger partial charge is 0.497 e. The first-order chi connectivity index (χ1) is 14.5. The van der Waals surface area contributed by atoms with Crippen molar-refractivity contribution in [3.05, 3.63) is 76.8 Å². The van der Waals surface area contributed by atoms with Gasteiger partial charge in [0.2, 0.25) is 5.91 Å². The normalized spacial score (nSPS) is 11.6. The van der Waals surface area contributed by atoms with E-state index in [0.717, 1.165) is 10.4 Å². The third-order valence-electron chi connectivity index (χ3n) is 4.44. The summed E-state index contributed by atoms with van der Waals surface area (Å²) in [7, 11) is 1.59. The van der Waals surface area contributed by atoms with Gasteiger partial charge in [0.15, 0.2) is 0 Å². The third kappa shape index (κ3) is 5.22. The van der Waals surface area contributed by atoms with E-state index in [1.165, 1.54) is 18.2 Å². The summed E-state index contributed by atoms with van der Waals surface area (Å²) in [4.78, 5) is 24.6. The van der Waals surface area contributed by atoms with Gasteiger partial charge in [-0.2, -0.15) is 5.10 Å². The van der Waals surface area contributed by atoms with Gasteiger partial charge in [-0.25, -0.2) is 9.07 Å². The number of nitrogens with one attached hydrogen (secondary N) is 1. The zero-order valence-electron chi connectivity index (χ0n) is 16.7. The lowest BCUT2D eigenvalue weighted by atomic mass is 10.1. The van der Waals surface area contributed by atoms with Crippen molar-refractivity contribution in [1.29, 1.82) is 0 Å². The van der Waals surface area contributed by atoms with Crippen LogP contribution >= 0.6 is 0 Å². The standard InChI is InChI=1S/C22H22FN3O4/c1-15(22(28)24-13-14-30-19-9-7-18(29-2)8-10-19)26-21(27)12-11-20(25-26)16-3-5-17(23)6-4-16/h3-12,15H,13-14H2,1-2H3,(H,24,28). The minimum absolute atomic E-state index is 0.265. The monoisotopic (exact) mass is 411 g/mol. The van der Waals surface area contributed by atoms with Crippen molar-refractivity contribution in [3.8, 4) is 22.8 Å². The quantitative estimate of drug-likeness (QED) is 0.577. The van der Waals surface area contributed by atoms with E-state index >= 15 is 0 Å². The zero-order valence-corrected chi connectivity index (χ0v) is 16.7. The van der Waals surface area contributed by atoms with E-state index < -0.39 is 11.6 Å². The molecule has 0 aliphatic heterocycles. The smallest absolute Gasteiger partial charge is 0.267 e. The number of nitrogens with zero attached hydrogens (tertiary/aromatic N) is 2. The van der Waals surface area contributed by atoms with Gasteiger partial charge in [-0.15, -0.1) is 0 Å². The molecule has 0 aliphatic carbocycles. The number of methoxy groups -OCH3 is 1. The van der Waals surface area contributed by atoms with E-state index in [1.54, 1.807) is 56.5 Å². The average molecular weight is 411 g/mol. The summed E-state index contributed by atoms with van der Waals surface area (Å²) >= 11 is 0. The van der Waals surface area contributed by atoms with Crippen LogP contribution in [0.3, 0.4) is 0 Å². The van der Waals surface area contributed by atoms with Crippen molar-refractivity contribution in [1.82, 2.24) is 15.1 Å². The molecule has 0 fully saturated rings. The fraction of sp³-hybridized carbons (Fsp3) is 0.227. The van der Waals surface area contributed by atoms with E-state index in [9.17, 15) is 14.0 Å². The average Bonchev–Trinajstić information content (AvgIpc) is 2.77. The first-order valence-corrected chi connectivity index (χ1v) is 9.38. The molecule has 3 aromatic rings. The Bertz CT molecular complexity index is 1050. The maximum Gasteiger partial charge on any atom is 0.267 e. The molecule has 2 aromatic carbocycles. The fourth-order valence-corrected chi connectivity index (χ4v) is 2.75. The Kier molecular flexibility index (Phi) is 6.79. The molecule has 1 unspecified atom stereocenters. The van der Waals surface area contributed by atoms with Crippen LogP contribution in [-0.2, 0) is 4.79 Å². The number of amides is 1. The van der Waals surface area contributed by atoms with Gasteiger partial charge in [0.25, 0.3) is 5.56 Å². The van der Waals surface area contributed by atoms with Gasteiger partial charge >= 0.3 is 0 Å². The number of benzene rings is 2. The van der Waals surface area contributed by atoms with Crippen molar-refractivity contribution in [2.75, 3.05) is 20.3 Å². The van der Waals surface area contributed by atoms with E-state index in [4.69, 9.17) is 9.47 Å². The SMILES string of the molecule is COc1ccc(OCCNC(=O)C(C)n2nc(-c3ccc(F)cc3)ccc2=O)cc1. The first kappa shape index (κ1) is 21.0. The molecule has 156 valence electrons. The van der Waals surface area contributed by atoms with Crippen LogP contribution in [0, 0.1) is 5.82 Å². The minimum Gasteiger partial charge on any atom is -0.497 e. The Labute approximate surface area is 173 Å². The zero-order chi connectivity index (χ0) is 21.5. The molecular formula is C22H22FN3O4. The van der Waals surface area contributed by atoms with Gasteiger partial charge in [0, 0.05) is 11.6 Å². The molecule has 1 N–H and O–H groups in total. The van der Waals surface area contributed by atoms with Crippen LogP contribution in [0.25, 0.3) is 11.3 Å². The van der Waals surface area contributed by atoms with Gasteiger partial charge in [0.1, 0.15) is 30.0 Å². The number of aromatic nitrogens is 2. The molecule has 0 radical (unpaired) electrons. The molecule has 30 heavy (non-hydrogen) atoms. The number of hydrogen-bond donors (Lipinski definition) is 1. The molecule has 7 nitrogen and oxygen atoms in total. The summed E-state index contributed by atoms with van der Waals surface area (Å²) in [6.45, 7) is 2.12. The molecule has 3 rings (SSSR count). The van der Waals surface area contributed by atoms with Crippen LogP contribution in [0.15, 0.2) is 65.5 Å². The molecule has 0 aliphatic rings. The van der Waals surface area contributed by atoms with Gasteiger partial charge in [-0.05, 0) is 61.5 Å². The highest BCUT2D eigenvalue weighted by molar-refractivity contribution is 5.79. The molecule has 1 heterocycles. The number of carbonyl (C=O) groups excluding carboxylic acids is 1. The first-order valence-electron chi connectivity index (χ1n) is 9.38.